The lowest BCUT2D eigenvalue weighted by atomic mass is 10.2. The van der Waals surface area contributed by atoms with E-state index in [2.05, 4.69) is 0 Å². The molecule has 0 fully saturated rings. The molecular formula is C12H14ClFO5S. The Hall–Kier alpha value is -1.18. The van der Waals surface area contributed by atoms with Gasteiger partial charge in [0.1, 0.15) is 16.8 Å². The molecule has 5 nitrogen and oxygen atoms in total. The van der Waals surface area contributed by atoms with Gasteiger partial charge in [-0.3, -0.25) is 0 Å². The Bertz CT molecular complexity index is 588. The van der Waals surface area contributed by atoms with Crippen LogP contribution < -0.4 is 0 Å². The minimum Gasteiger partial charge on any atom is -0.457 e. The van der Waals surface area contributed by atoms with Crippen LogP contribution in [0.5, 0.6) is 0 Å². The summed E-state index contributed by atoms with van der Waals surface area (Å²) >= 11 is 0. The highest BCUT2D eigenvalue weighted by Crippen LogP contribution is 2.21. The predicted molar refractivity (Wildman–Crippen MR) is 70.8 cm³/mol. The summed E-state index contributed by atoms with van der Waals surface area (Å²) in [6.07, 6.45) is -0.511. The summed E-state index contributed by atoms with van der Waals surface area (Å²) in [4.78, 5) is 11.0. The average molecular weight is 325 g/mol. The van der Waals surface area contributed by atoms with E-state index in [1.165, 1.54) is 0 Å². The van der Waals surface area contributed by atoms with Crippen LogP contribution in [-0.4, -0.2) is 33.7 Å². The van der Waals surface area contributed by atoms with E-state index in [1.807, 2.05) is 0 Å². The maximum Gasteiger partial charge on any atom is 0.338 e. The van der Waals surface area contributed by atoms with Gasteiger partial charge in [-0.2, -0.15) is 0 Å². The quantitative estimate of drug-likeness (QED) is 0.593. The molecule has 1 unspecified atom stereocenters. The molecule has 0 N–H and O–H groups in total. The van der Waals surface area contributed by atoms with Crippen molar-refractivity contribution in [2.24, 2.45) is 0 Å². The Kier molecular flexibility index (Phi) is 5.91. The molecule has 0 amide bonds. The van der Waals surface area contributed by atoms with Crippen LogP contribution in [0.3, 0.4) is 0 Å². The Labute approximate surface area is 121 Å². The first-order valence-electron chi connectivity index (χ1n) is 5.78. The lowest BCUT2D eigenvalue weighted by Crippen LogP contribution is -2.20. The summed E-state index contributed by atoms with van der Waals surface area (Å²) < 4.78 is 45.7. The van der Waals surface area contributed by atoms with Crippen molar-refractivity contribution >= 4 is 25.7 Å². The minimum atomic E-state index is -4.27. The molecule has 0 heterocycles. The van der Waals surface area contributed by atoms with Gasteiger partial charge in [-0.1, -0.05) is 0 Å². The second-order valence-corrected chi connectivity index (χ2v) is 6.49. The largest absolute Gasteiger partial charge is 0.457 e. The van der Waals surface area contributed by atoms with Gasteiger partial charge in [0.25, 0.3) is 9.05 Å². The molecule has 20 heavy (non-hydrogen) atoms. The molecule has 0 aromatic heterocycles. The molecular weight excluding hydrogens is 311 g/mol. The van der Waals surface area contributed by atoms with Crippen molar-refractivity contribution in [3.8, 4) is 0 Å². The van der Waals surface area contributed by atoms with Gasteiger partial charge in [-0.15, -0.1) is 0 Å². The first-order valence-corrected chi connectivity index (χ1v) is 8.09. The van der Waals surface area contributed by atoms with Crippen molar-refractivity contribution in [2.45, 2.75) is 24.8 Å². The number of rotatable bonds is 6. The first kappa shape index (κ1) is 16.9. The summed E-state index contributed by atoms with van der Waals surface area (Å²) in [7, 11) is 0.807. The Morgan fingerprint density at radius 3 is 2.65 bits per heavy atom. The number of hydrogen-bond acceptors (Lipinski definition) is 5. The third kappa shape index (κ3) is 4.73. The number of carbonyl (C=O) groups excluding carboxylic acids is 1. The van der Waals surface area contributed by atoms with Gasteiger partial charge < -0.3 is 9.47 Å². The monoisotopic (exact) mass is 324 g/mol. The number of hydrogen-bond donors (Lipinski definition) is 0. The fourth-order valence-electron chi connectivity index (χ4n) is 1.39. The first-order chi connectivity index (χ1) is 9.25. The summed E-state index contributed by atoms with van der Waals surface area (Å²) in [5.74, 6) is -1.81. The van der Waals surface area contributed by atoms with E-state index in [0.717, 1.165) is 18.2 Å². The van der Waals surface area contributed by atoms with Crippen LogP contribution in [0.2, 0.25) is 0 Å². The molecule has 0 aliphatic carbocycles. The van der Waals surface area contributed by atoms with Crippen molar-refractivity contribution in [3.05, 3.63) is 29.6 Å². The minimum absolute atomic E-state index is 0.103. The molecule has 0 aliphatic heterocycles. The van der Waals surface area contributed by atoms with Gasteiger partial charge in [-0.25, -0.2) is 17.6 Å². The SMILES string of the molecule is CCOCC(C)OC(=O)c1ccc(F)c(S(=O)(=O)Cl)c1. The standard InChI is InChI=1S/C12H14ClFO5S/c1-3-18-7-8(2)19-12(15)9-4-5-10(14)11(6-9)20(13,16)17/h4-6,8H,3,7H2,1-2H3. The molecule has 0 aliphatic rings. The van der Waals surface area contributed by atoms with Crippen molar-refractivity contribution in [3.63, 3.8) is 0 Å². The maximum absolute atomic E-state index is 13.3. The molecule has 1 aromatic carbocycles. The zero-order valence-electron chi connectivity index (χ0n) is 10.9. The lowest BCUT2D eigenvalue weighted by molar-refractivity contribution is 0.00437. The van der Waals surface area contributed by atoms with Crippen LogP contribution >= 0.6 is 10.7 Å². The third-order valence-electron chi connectivity index (χ3n) is 2.29. The van der Waals surface area contributed by atoms with Crippen molar-refractivity contribution < 1.29 is 27.1 Å². The summed E-state index contributed by atoms with van der Waals surface area (Å²) in [6.45, 7) is 4.11. The van der Waals surface area contributed by atoms with Crippen LogP contribution in [0.15, 0.2) is 23.1 Å². The van der Waals surface area contributed by atoms with E-state index in [-0.39, 0.29) is 12.2 Å². The van der Waals surface area contributed by atoms with E-state index >= 15 is 0 Å². The summed E-state index contributed by atoms with van der Waals surface area (Å²) in [5.41, 5.74) is -0.103. The average Bonchev–Trinajstić information content (AvgIpc) is 2.35. The molecule has 0 saturated heterocycles. The fraction of sp³-hybridized carbons (Fsp3) is 0.417. The van der Waals surface area contributed by atoms with Gasteiger partial charge in [0.05, 0.1) is 12.2 Å². The van der Waals surface area contributed by atoms with E-state index in [0.29, 0.717) is 6.61 Å². The van der Waals surface area contributed by atoms with Crippen LogP contribution in [0.4, 0.5) is 4.39 Å². The molecule has 1 aromatic rings. The third-order valence-corrected chi connectivity index (χ3v) is 3.63. The topological polar surface area (TPSA) is 69.7 Å². The van der Waals surface area contributed by atoms with Crippen LogP contribution in [-0.2, 0) is 18.5 Å². The number of halogens is 2. The Balaban J connectivity index is 2.90. The molecule has 0 saturated carbocycles. The molecule has 0 spiro atoms. The van der Waals surface area contributed by atoms with Gasteiger partial charge in [0.2, 0.25) is 0 Å². The molecule has 8 heteroatoms. The molecule has 112 valence electrons. The van der Waals surface area contributed by atoms with E-state index in [1.54, 1.807) is 13.8 Å². The second kappa shape index (κ2) is 7.01. The Morgan fingerprint density at radius 1 is 1.45 bits per heavy atom. The fourth-order valence-corrected chi connectivity index (χ4v) is 2.31. The molecule has 1 rings (SSSR count). The smallest absolute Gasteiger partial charge is 0.338 e. The van der Waals surface area contributed by atoms with Crippen LogP contribution in [0.25, 0.3) is 0 Å². The molecule has 0 bridgehead atoms. The highest BCUT2D eigenvalue weighted by Gasteiger charge is 2.20. The zero-order chi connectivity index (χ0) is 15.3. The number of carbonyl (C=O) groups is 1. The van der Waals surface area contributed by atoms with Gasteiger partial charge in [0, 0.05) is 17.3 Å². The van der Waals surface area contributed by atoms with E-state index in [4.69, 9.17) is 20.2 Å². The zero-order valence-corrected chi connectivity index (χ0v) is 12.5. The molecule has 0 radical (unpaired) electrons. The van der Waals surface area contributed by atoms with Gasteiger partial charge in [0.15, 0.2) is 0 Å². The van der Waals surface area contributed by atoms with Crippen LogP contribution in [0.1, 0.15) is 24.2 Å². The Morgan fingerprint density at radius 2 is 2.10 bits per heavy atom. The number of benzene rings is 1. The summed E-state index contributed by atoms with van der Waals surface area (Å²) in [6, 6.07) is 2.81. The van der Waals surface area contributed by atoms with Crippen molar-refractivity contribution in [1.82, 2.24) is 0 Å². The summed E-state index contributed by atoms with van der Waals surface area (Å²) in [5, 5.41) is 0. The maximum atomic E-state index is 13.3. The highest BCUT2D eigenvalue weighted by atomic mass is 35.7. The molecule has 1 atom stereocenters. The van der Waals surface area contributed by atoms with Crippen LogP contribution in [0, 0.1) is 5.82 Å². The van der Waals surface area contributed by atoms with E-state index in [9.17, 15) is 17.6 Å². The highest BCUT2D eigenvalue weighted by molar-refractivity contribution is 8.13. The normalized spacial score (nSPS) is 13.0. The van der Waals surface area contributed by atoms with Gasteiger partial charge in [-0.05, 0) is 32.0 Å². The number of ether oxygens (including phenoxy) is 2. The lowest BCUT2D eigenvalue weighted by Gasteiger charge is -2.13. The van der Waals surface area contributed by atoms with Crippen molar-refractivity contribution in [2.75, 3.05) is 13.2 Å². The number of esters is 1. The second-order valence-electron chi connectivity index (χ2n) is 3.96. The van der Waals surface area contributed by atoms with Crippen molar-refractivity contribution in [1.29, 1.82) is 0 Å². The van der Waals surface area contributed by atoms with Gasteiger partial charge >= 0.3 is 5.97 Å². The predicted octanol–water partition coefficient (Wildman–Crippen LogP) is 2.33. The van der Waals surface area contributed by atoms with E-state index < -0.39 is 31.8 Å².